The second-order valence-corrected chi connectivity index (χ2v) is 30.7. The molecule has 0 radical (unpaired) electrons. The van der Waals surface area contributed by atoms with Gasteiger partial charge in [-0.15, -0.1) is 22.7 Å². The molecule has 3 aliphatic carbocycles. The van der Waals surface area contributed by atoms with Crippen molar-refractivity contribution in [2.24, 2.45) is 0 Å². The second-order valence-electron chi connectivity index (χ2n) is 28.5. The normalized spacial score (nSPS) is 18.6. The van der Waals surface area contributed by atoms with Gasteiger partial charge in [-0.1, -0.05) is 163 Å². The minimum Gasteiger partial charge on any atom is -0.376 e. The van der Waals surface area contributed by atoms with Gasteiger partial charge in [-0.05, 0) is 186 Å². The molecule has 386 valence electrons. The van der Waals surface area contributed by atoms with E-state index in [2.05, 4.69) is 233 Å². The van der Waals surface area contributed by atoms with Gasteiger partial charge >= 0.3 is 6.85 Å². The van der Waals surface area contributed by atoms with Crippen LogP contribution in [0.2, 0.25) is 0 Å². The van der Waals surface area contributed by atoms with Crippen molar-refractivity contribution in [2.75, 3.05) is 4.81 Å². The van der Waals surface area contributed by atoms with E-state index in [1.54, 1.807) is 5.56 Å². The summed E-state index contributed by atoms with van der Waals surface area (Å²) in [4.78, 5) is 2.82. The molecule has 78 heavy (non-hydrogen) atoms. The second kappa shape index (κ2) is 15.1. The van der Waals surface area contributed by atoms with Crippen LogP contribution in [0, 0.1) is 0 Å². The molecule has 0 fully saturated rings. The lowest BCUT2D eigenvalue weighted by atomic mass is 9.46. The number of aromatic nitrogens is 1. The predicted octanol–water partition coefficient (Wildman–Crippen LogP) is 19.6. The molecule has 2 aliphatic heterocycles. The van der Waals surface area contributed by atoms with Gasteiger partial charge in [0.05, 0.1) is 16.7 Å². The first-order valence-corrected chi connectivity index (χ1v) is 30.6. The number of benzene rings is 8. The van der Waals surface area contributed by atoms with Gasteiger partial charge in [-0.3, -0.25) is 0 Å². The fourth-order valence-corrected chi connectivity index (χ4v) is 18.4. The van der Waals surface area contributed by atoms with Crippen LogP contribution in [-0.2, 0) is 32.5 Å². The van der Waals surface area contributed by atoms with E-state index in [-0.39, 0.29) is 39.3 Å². The molecular formula is C73H69BN2S2. The maximum absolute atomic E-state index is 2.82. The first-order valence-electron chi connectivity index (χ1n) is 28.9. The van der Waals surface area contributed by atoms with Crippen molar-refractivity contribution in [3.63, 3.8) is 0 Å². The van der Waals surface area contributed by atoms with Crippen LogP contribution >= 0.6 is 22.7 Å². The van der Waals surface area contributed by atoms with Crippen molar-refractivity contribution < 1.29 is 0 Å². The zero-order valence-corrected chi connectivity index (χ0v) is 49.5. The predicted molar refractivity (Wildman–Crippen MR) is 340 cm³/mol. The standard InChI is InChI=1S/C73H69BN2S2/c1-68(2,3)42-24-26-43(27-25-42)76-57-37-46-45-34-52-54(71(8,9)31-29-69(52,4)5)38-51(45)73(12,13)50(46)35-48(57)60-61-44-21-17-18-22-58(44)77-66(61)62-47-36-53-55(72(10,11)32-30-70(53,6)7)39-56(47)75-64-49-33-41(40-19-15-14-16-20-40)23-28-59(49)78-67(64)74(76)63(60)65(62)75/h14-28,33-39H,29-32H2,1-13H3. The SMILES string of the molecule is CC(C)(C)c1ccc(N2B3c4sc5ccc(-c6ccccc6)cc5c4-n4c5cc6c(cc5c5c7sc8ccccc8c7c(c3c54)-c3cc4c(cc32)-c2cc3c(cc2C4(C)C)C(C)(C)CCC3(C)C)C(C)(C)CCC6(C)C)cc1. The van der Waals surface area contributed by atoms with Crippen LogP contribution in [0.5, 0.6) is 0 Å². The van der Waals surface area contributed by atoms with Crippen LogP contribution in [-0.4, -0.2) is 11.4 Å². The third kappa shape index (κ3) is 6.11. The largest absolute Gasteiger partial charge is 0.376 e. The van der Waals surface area contributed by atoms with Gasteiger partial charge in [0.15, 0.2) is 0 Å². The number of nitrogens with zero attached hydrogens (tertiary/aromatic N) is 2. The van der Waals surface area contributed by atoms with Crippen LogP contribution in [0.3, 0.4) is 0 Å². The molecule has 11 aromatic rings. The van der Waals surface area contributed by atoms with E-state index in [1.807, 2.05) is 22.7 Å². The fourth-order valence-electron chi connectivity index (χ4n) is 15.8. The Hall–Kier alpha value is -6.40. The van der Waals surface area contributed by atoms with Crippen molar-refractivity contribution >= 4 is 103 Å². The van der Waals surface area contributed by atoms with Crippen molar-refractivity contribution in [1.82, 2.24) is 4.57 Å². The third-order valence-corrected chi connectivity index (χ3v) is 23.0. The minimum atomic E-state index is -0.206. The van der Waals surface area contributed by atoms with E-state index in [4.69, 9.17) is 0 Å². The van der Waals surface area contributed by atoms with E-state index in [9.17, 15) is 0 Å². The molecular weight excluding hydrogens is 980 g/mol. The molecule has 0 bridgehead atoms. The van der Waals surface area contributed by atoms with Crippen LogP contribution in [0.1, 0.15) is 155 Å². The highest BCUT2D eigenvalue weighted by Gasteiger charge is 2.50. The third-order valence-electron chi connectivity index (χ3n) is 20.6. The van der Waals surface area contributed by atoms with Gasteiger partial charge in [-0.2, -0.15) is 0 Å². The molecule has 2 nitrogen and oxygen atoms in total. The Labute approximate surface area is 469 Å². The maximum Gasteiger partial charge on any atom is 0.343 e. The Morgan fingerprint density at radius 1 is 0.487 bits per heavy atom. The summed E-state index contributed by atoms with van der Waals surface area (Å²) in [5, 5.41) is 6.95. The van der Waals surface area contributed by atoms with Gasteiger partial charge < -0.3 is 9.38 Å². The number of fused-ring (bicyclic) bond motifs is 20. The Balaban J connectivity index is 1.11. The maximum atomic E-state index is 2.82. The van der Waals surface area contributed by atoms with E-state index in [0.717, 1.165) is 0 Å². The van der Waals surface area contributed by atoms with Gasteiger partial charge in [-0.25, -0.2) is 0 Å². The average molecular weight is 1050 g/mol. The molecule has 0 saturated carbocycles. The van der Waals surface area contributed by atoms with Crippen molar-refractivity contribution in [1.29, 1.82) is 0 Å². The van der Waals surface area contributed by atoms with Crippen LogP contribution in [0.25, 0.3) is 91.1 Å². The van der Waals surface area contributed by atoms with E-state index in [1.165, 1.54) is 172 Å². The van der Waals surface area contributed by atoms with Crippen molar-refractivity contribution in [3.05, 3.63) is 172 Å². The lowest BCUT2D eigenvalue weighted by molar-refractivity contribution is 0.331. The molecule has 0 amide bonds. The van der Waals surface area contributed by atoms with E-state index < -0.39 is 0 Å². The summed E-state index contributed by atoms with van der Waals surface area (Å²) in [6.45, 7) is 31.9. The summed E-state index contributed by atoms with van der Waals surface area (Å²) < 4.78 is 8.35. The van der Waals surface area contributed by atoms with Crippen molar-refractivity contribution in [2.45, 2.75) is 148 Å². The Morgan fingerprint density at radius 3 is 1.77 bits per heavy atom. The summed E-state index contributed by atoms with van der Waals surface area (Å²) in [5.41, 5.74) is 26.7. The van der Waals surface area contributed by atoms with E-state index in [0.29, 0.717) is 0 Å². The molecule has 0 N–H and O–H groups in total. The van der Waals surface area contributed by atoms with Gasteiger partial charge in [0.25, 0.3) is 0 Å². The minimum absolute atomic E-state index is 0.0173. The summed E-state index contributed by atoms with van der Waals surface area (Å²) in [7, 11) is 0. The quantitative estimate of drug-likeness (QED) is 0.157. The molecule has 5 heterocycles. The summed E-state index contributed by atoms with van der Waals surface area (Å²) in [6, 6.07) is 53.6. The molecule has 8 aromatic carbocycles. The molecule has 0 saturated heterocycles. The Kier molecular flexibility index (Phi) is 9.20. The molecule has 0 unspecified atom stereocenters. The highest BCUT2D eigenvalue weighted by Crippen LogP contribution is 2.60. The lowest BCUT2D eigenvalue weighted by Crippen LogP contribution is -2.59. The molecule has 16 rings (SSSR count). The van der Waals surface area contributed by atoms with Gasteiger partial charge in [0, 0.05) is 68.2 Å². The van der Waals surface area contributed by atoms with Crippen molar-refractivity contribution in [3.8, 4) is 39.1 Å². The van der Waals surface area contributed by atoms with E-state index >= 15 is 0 Å². The van der Waals surface area contributed by atoms with Gasteiger partial charge in [0.2, 0.25) is 0 Å². The summed E-state index contributed by atoms with van der Waals surface area (Å²) in [6.07, 6.45) is 4.75. The summed E-state index contributed by atoms with van der Waals surface area (Å²) >= 11 is 4.05. The molecule has 5 aliphatic rings. The first-order chi connectivity index (χ1) is 37.0. The monoisotopic (exact) mass is 1050 g/mol. The van der Waals surface area contributed by atoms with Gasteiger partial charge in [0.1, 0.15) is 0 Å². The molecule has 5 heteroatoms. The van der Waals surface area contributed by atoms with Crippen LogP contribution < -0.4 is 15.1 Å². The highest BCUT2D eigenvalue weighted by molar-refractivity contribution is 7.32. The Bertz CT molecular complexity index is 4500. The molecule has 0 spiro atoms. The number of anilines is 2. The molecule has 3 aromatic heterocycles. The number of thiophene rings is 2. The number of hydrogen-bond donors (Lipinski definition) is 0. The number of hydrogen-bond acceptors (Lipinski definition) is 3. The molecule has 0 atom stereocenters. The zero-order chi connectivity index (χ0) is 53.7. The zero-order valence-electron chi connectivity index (χ0n) is 47.8. The fraction of sp³-hybridized carbons (Fsp3) is 0.315. The average Bonchev–Trinajstić information content (AvgIpc) is 3.72. The lowest BCUT2D eigenvalue weighted by Gasteiger charge is -2.42. The Morgan fingerprint density at radius 2 is 1.08 bits per heavy atom. The van der Waals surface area contributed by atoms with Crippen LogP contribution in [0.4, 0.5) is 11.4 Å². The number of rotatable bonds is 2. The smallest absolute Gasteiger partial charge is 0.343 e. The topological polar surface area (TPSA) is 8.17 Å². The van der Waals surface area contributed by atoms with Crippen LogP contribution in [0.15, 0.2) is 133 Å². The first kappa shape index (κ1) is 47.6. The summed E-state index contributed by atoms with van der Waals surface area (Å²) in [5.74, 6) is 0. The highest BCUT2D eigenvalue weighted by atomic mass is 32.1.